The lowest BCUT2D eigenvalue weighted by molar-refractivity contribution is 0.146. The molecule has 92 valence electrons. The Morgan fingerprint density at radius 1 is 1.31 bits per heavy atom. The molecular formula is C12H21BrN2O. The molecular weight excluding hydrogens is 268 g/mol. The van der Waals surface area contributed by atoms with Gasteiger partial charge in [-0.3, -0.25) is 4.68 Å². The summed E-state index contributed by atoms with van der Waals surface area (Å²) in [4.78, 5) is 0. The Bertz CT molecular complexity index is 334. The highest BCUT2D eigenvalue weighted by Gasteiger charge is 2.19. The van der Waals surface area contributed by atoms with Crippen molar-refractivity contribution in [2.75, 3.05) is 0 Å². The first-order valence-electron chi connectivity index (χ1n) is 5.84. The van der Waals surface area contributed by atoms with Crippen LogP contribution in [0.5, 0.6) is 0 Å². The number of rotatable bonds is 5. The van der Waals surface area contributed by atoms with Gasteiger partial charge in [0, 0.05) is 6.04 Å². The van der Waals surface area contributed by atoms with Gasteiger partial charge in [0.05, 0.1) is 22.5 Å². The highest BCUT2D eigenvalue weighted by Crippen LogP contribution is 2.29. The van der Waals surface area contributed by atoms with Crippen LogP contribution >= 0.6 is 15.9 Å². The molecule has 1 N–H and O–H groups in total. The first-order valence-corrected chi connectivity index (χ1v) is 6.63. The molecule has 0 aliphatic rings. The summed E-state index contributed by atoms with van der Waals surface area (Å²) >= 11 is 3.45. The minimum absolute atomic E-state index is 0.273. The second kappa shape index (κ2) is 5.82. The van der Waals surface area contributed by atoms with Gasteiger partial charge in [-0.05, 0) is 48.5 Å². The molecule has 3 nitrogen and oxygen atoms in total. The van der Waals surface area contributed by atoms with Crippen molar-refractivity contribution in [2.24, 2.45) is 5.92 Å². The van der Waals surface area contributed by atoms with E-state index in [1.54, 1.807) is 6.20 Å². The van der Waals surface area contributed by atoms with Crippen molar-refractivity contribution in [1.29, 1.82) is 0 Å². The number of hydrogen-bond donors (Lipinski definition) is 1. The Balaban J connectivity index is 2.81. The van der Waals surface area contributed by atoms with E-state index in [4.69, 9.17) is 0 Å². The molecule has 1 rings (SSSR count). The Labute approximate surface area is 106 Å². The van der Waals surface area contributed by atoms with E-state index in [1.165, 1.54) is 0 Å². The van der Waals surface area contributed by atoms with Gasteiger partial charge in [-0.2, -0.15) is 5.10 Å². The van der Waals surface area contributed by atoms with Crippen molar-refractivity contribution in [3.05, 3.63) is 16.4 Å². The van der Waals surface area contributed by atoms with Crippen molar-refractivity contribution < 1.29 is 5.11 Å². The van der Waals surface area contributed by atoms with Gasteiger partial charge in [0.15, 0.2) is 0 Å². The van der Waals surface area contributed by atoms with Crippen LogP contribution in [0.2, 0.25) is 0 Å². The number of hydrogen-bond acceptors (Lipinski definition) is 2. The zero-order valence-corrected chi connectivity index (χ0v) is 12.0. The van der Waals surface area contributed by atoms with Crippen LogP contribution in [-0.2, 0) is 0 Å². The predicted molar refractivity (Wildman–Crippen MR) is 69.3 cm³/mol. The molecule has 0 fully saturated rings. The van der Waals surface area contributed by atoms with Crippen LogP contribution in [-0.4, -0.2) is 14.9 Å². The SMILES string of the molecule is CC(C)CCC(O)c1c(Br)cnn1C(C)C. The molecule has 1 heterocycles. The van der Waals surface area contributed by atoms with E-state index in [0.717, 1.165) is 23.0 Å². The highest BCUT2D eigenvalue weighted by atomic mass is 79.9. The number of halogens is 1. The van der Waals surface area contributed by atoms with Gasteiger partial charge < -0.3 is 5.11 Å². The molecule has 1 aromatic heterocycles. The molecule has 0 aromatic carbocycles. The van der Waals surface area contributed by atoms with E-state index in [0.29, 0.717) is 5.92 Å². The summed E-state index contributed by atoms with van der Waals surface area (Å²) in [6.45, 7) is 8.47. The smallest absolute Gasteiger partial charge is 0.0968 e. The van der Waals surface area contributed by atoms with E-state index in [9.17, 15) is 5.11 Å². The molecule has 0 aliphatic carbocycles. The van der Waals surface area contributed by atoms with Crippen molar-refractivity contribution in [1.82, 2.24) is 9.78 Å². The summed E-state index contributed by atoms with van der Waals surface area (Å²) in [5, 5.41) is 14.5. The lowest BCUT2D eigenvalue weighted by Crippen LogP contribution is -2.12. The van der Waals surface area contributed by atoms with Crippen LogP contribution in [0.3, 0.4) is 0 Å². The minimum Gasteiger partial charge on any atom is -0.387 e. The Morgan fingerprint density at radius 2 is 1.94 bits per heavy atom. The second-order valence-electron chi connectivity index (χ2n) is 4.90. The van der Waals surface area contributed by atoms with Crippen LogP contribution < -0.4 is 0 Å². The fourth-order valence-corrected chi connectivity index (χ4v) is 2.24. The minimum atomic E-state index is -0.429. The maximum Gasteiger partial charge on any atom is 0.0968 e. The third kappa shape index (κ3) is 3.32. The molecule has 0 spiro atoms. The first-order chi connectivity index (χ1) is 7.43. The van der Waals surface area contributed by atoms with Gasteiger partial charge in [-0.1, -0.05) is 13.8 Å². The standard InChI is InChI=1S/C12H21BrN2O/c1-8(2)5-6-11(16)12-10(13)7-14-15(12)9(3)4/h7-9,11,16H,5-6H2,1-4H3. The Kier molecular flexibility index (Phi) is 4.99. The molecule has 0 aliphatic heterocycles. The van der Waals surface area contributed by atoms with Gasteiger partial charge in [0.25, 0.3) is 0 Å². The average Bonchev–Trinajstić information content (AvgIpc) is 2.56. The molecule has 0 radical (unpaired) electrons. The van der Waals surface area contributed by atoms with Gasteiger partial charge in [0.2, 0.25) is 0 Å². The molecule has 1 aromatic rings. The summed E-state index contributed by atoms with van der Waals surface area (Å²) in [7, 11) is 0. The summed E-state index contributed by atoms with van der Waals surface area (Å²) in [5.41, 5.74) is 0.899. The maximum atomic E-state index is 10.2. The summed E-state index contributed by atoms with van der Waals surface area (Å²) in [6, 6.07) is 0.273. The van der Waals surface area contributed by atoms with Crippen LogP contribution in [0, 0.1) is 5.92 Å². The van der Waals surface area contributed by atoms with E-state index in [-0.39, 0.29) is 6.04 Å². The quantitative estimate of drug-likeness (QED) is 0.897. The van der Waals surface area contributed by atoms with Gasteiger partial charge in [0.1, 0.15) is 0 Å². The molecule has 0 bridgehead atoms. The number of aliphatic hydroxyl groups excluding tert-OH is 1. The first kappa shape index (κ1) is 13.7. The number of nitrogens with zero attached hydrogens (tertiary/aromatic N) is 2. The van der Waals surface area contributed by atoms with Crippen LogP contribution in [0.4, 0.5) is 0 Å². The van der Waals surface area contributed by atoms with E-state index >= 15 is 0 Å². The van der Waals surface area contributed by atoms with Gasteiger partial charge in [-0.25, -0.2) is 0 Å². The number of aliphatic hydroxyl groups is 1. The third-order valence-corrected chi connectivity index (χ3v) is 3.22. The fourth-order valence-electron chi connectivity index (χ4n) is 1.70. The fraction of sp³-hybridized carbons (Fsp3) is 0.750. The predicted octanol–water partition coefficient (Wildman–Crippen LogP) is 3.70. The van der Waals surface area contributed by atoms with Crippen LogP contribution in [0.25, 0.3) is 0 Å². The topological polar surface area (TPSA) is 38.1 Å². The van der Waals surface area contributed by atoms with E-state index in [2.05, 4.69) is 48.7 Å². The summed E-state index contributed by atoms with van der Waals surface area (Å²) in [5.74, 6) is 0.615. The Morgan fingerprint density at radius 3 is 2.44 bits per heavy atom. The second-order valence-corrected chi connectivity index (χ2v) is 5.76. The molecule has 0 saturated heterocycles. The molecule has 0 amide bonds. The zero-order chi connectivity index (χ0) is 12.3. The van der Waals surface area contributed by atoms with Gasteiger partial charge >= 0.3 is 0 Å². The van der Waals surface area contributed by atoms with Crippen LogP contribution in [0.15, 0.2) is 10.7 Å². The van der Waals surface area contributed by atoms with E-state index < -0.39 is 6.10 Å². The normalized spacial score (nSPS) is 13.8. The van der Waals surface area contributed by atoms with E-state index in [1.807, 2.05) is 4.68 Å². The van der Waals surface area contributed by atoms with Crippen molar-refractivity contribution >= 4 is 15.9 Å². The molecule has 1 atom stereocenters. The lowest BCUT2D eigenvalue weighted by Gasteiger charge is -2.17. The van der Waals surface area contributed by atoms with Gasteiger partial charge in [-0.15, -0.1) is 0 Å². The highest BCUT2D eigenvalue weighted by molar-refractivity contribution is 9.10. The monoisotopic (exact) mass is 288 g/mol. The largest absolute Gasteiger partial charge is 0.387 e. The van der Waals surface area contributed by atoms with Crippen molar-refractivity contribution in [3.63, 3.8) is 0 Å². The molecule has 16 heavy (non-hydrogen) atoms. The van der Waals surface area contributed by atoms with Crippen LogP contribution in [0.1, 0.15) is 58.4 Å². The summed E-state index contributed by atoms with van der Waals surface area (Å²) < 4.78 is 2.78. The molecule has 0 saturated carbocycles. The lowest BCUT2D eigenvalue weighted by atomic mass is 10.0. The third-order valence-electron chi connectivity index (χ3n) is 2.61. The molecule has 1 unspecified atom stereocenters. The maximum absolute atomic E-state index is 10.2. The average molecular weight is 289 g/mol. The van der Waals surface area contributed by atoms with Crippen molar-refractivity contribution in [2.45, 2.75) is 52.7 Å². The van der Waals surface area contributed by atoms with Crippen molar-refractivity contribution in [3.8, 4) is 0 Å². The molecule has 4 heteroatoms. The Hall–Kier alpha value is -0.350. The number of aromatic nitrogens is 2. The zero-order valence-electron chi connectivity index (χ0n) is 10.4. The summed E-state index contributed by atoms with van der Waals surface area (Å²) in [6.07, 6.45) is 3.14.